The fraction of sp³-hybridized carbons (Fsp3) is 0.294. The fourth-order valence-corrected chi connectivity index (χ4v) is 3.34. The molecule has 0 amide bonds. The van der Waals surface area contributed by atoms with Crippen LogP contribution < -0.4 is 4.74 Å². The number of ether oxygens (including phenoxy) is 1. The second kappa shape index (κ2) is 5.43. The maximum absolute atomic E-state index is 14.3. The number of rotatable bonds is 2. The molecule has 3 rings (SSSR count). The van der Waals surface area contributed by atoms with Crippen molar-refractivity contribution in [3.05, 3.63) is 63.4 Å². The highest BCUT2D eigenvalue weighted by Crippen LogP contribution is 2.39. The number of aliphatic hydroxyl groups is 1. The van der Waals surface area contributed by atoms with Gasteiger partial charge in [0, 0.05) is 12.0 Å². The number of fused-ring (bicyclic) bond motifs is 1. The maximum Gasteiger partial charge on any atom is 0.143 e. The van der Waals surface area contributed by atoms with E-state index >= 15 is 0 Å². The Morgan fingerprint density at radius 2 is 2.05 bits per heavy atom. The van der Waals surface area contributed by atoms with Crippen molar-refractivity contribution in [2.24, 2.45) is 0 Å². The van der Waals surface area contributed by atoms with Gasteiger partial charge in [-0.2, -0.15) is 0 Å². The lowest BCUT2D eigenvalue weighted by atomic mass is 9.76. The minimum Gasteiger partial charge on any atom is -0.497 e. The van der Waals surface area contributed by atoms with E-state index in [1.54, 1.807) is 25.3 Å². The lowest BCUT2D eigenvalue weighted by molar-refractivity contribution is 0.0187. The Morgan fingerprint density at radius 3 is 2.81 bits per heavy atom. The van der Waals surface area contributed by atoms with E-state index < -0.39 is 5.60 Å². The van der Waals surface area contributed by atoms with Crippen LogP contribution in [0.1, 0.15) is 23.1 Å². The molecule has 1 N–H and O–H groups in total. The normalized spacial score (nSPS) is 21.0. The molecule has 2 nitrogen and oxygen atoms in total. The van der Waals surface area contributed by atoms with Crippen LogP contribution in [-0.2, 0) is 18.4 Å². The number of hydrogen-bond donors (Lipinski definition) is 1. The lowest BCUT2D eigenvalue weighted by Gasteiger charge is -2.34. The van der Waals surface area contributed by atoms with Gasteiger partial charge in [0.15, 0.2) is 0 Å². The molecule has 0 bridgehead atoms. The lowest BCUT2D eigenvalue weighted by Crippen LogP contribution is -2.34. The number of aryl methyl sites for hydroxylation is 1. The molecule has 0 aliphatic heterocycles. The summed E-state index contributed by atoms with van der Waals surface area (Å²) in [5, 5.41) is 11.0. The van der Waals surface area contributed by atoms with E-state index in [2.05, 4.69) is 15.9 Å². The summed E-state index contributed by atoms with van der Waals surface area (Å²) in [5.41, 5.74) is 1.39. The standard InChI is InChI=1S/C17H16BrFO2/c1-21-13-6-5-11-7-8-17(20,10-12(11)9-13)14-3-2-4-15(18)16(14)19/h2-6,9,20H,7-8,10H2,1H3. The summed E-state index contributed by atoms with van der Waals surface area (Å²) in [6, 6.07) is 10.9. The number of halogens is 2. The molecule has 1 atom stereocenters. The van der Waals surface area contributed by atoms with Crippen LogP contribution in [0.2, 0.25) is 0 Å². The molecule has 110 valence electrons. The minimum absolute atomic E-state index is 0.352. The zero-order chi connectivity index (χ0) is 15.0. The molecule has 1 unspecified atom stereocenters. The number of methoxy groups -OCH3 is 1. The van der Waals surface area contributed by atoms with E-state index in [0.717, 1.165) is 17.7 Å². The van der Waals surface area contributed by atoms with Crippen LogP contribution >= 0.6 is 15.9 Å². The predicted molar refractivity (Wildman–Crippen MR) is 83.0 cm³/mol. The molecule has 1 aliphatic carbocycles. The first kappa shape index (κ1) is 14.5. The monoisotopic (exact) mass is 350 g/mol. The van der Waals surface area contributed by atoms with Crippen LogP contribution in [0.25, 0.3) is 0 Å². The van der Waals surface area contributed by atoms with Gasteiger partial charge in [0.1, 0.15) is 11.6 Å². The third kappa shape index (κ3) is 2.58. The van der Waals surface area contributed by atoms with Crippen LogP contribution in [0, 0.1) is 5.82 Å². The molecule has 0 saturated heterocycles. The summed E-state index contributed by atoms with van der Waals surface area (Å²) in [6.07, 6.45) is 1.63. The average molecular weight is 351 g/mol. The topological polar surface area (TPSA) is 29.5 Å². The number of benzene rings is 2. The van der Waals surface area contributed by atoms with E-state index in [0.29, 0.717) is 22.9 Å². The predicted octanol–water partition coefficient (Wildman–Crippen LogP) is 3.97. The van der Waals surface area contributed by atoms with E-state index in [1.807, 2.05) is 18.2 Å². The van der Waals surface area contributed by atoms with Gasteiger partial charge in [-0.05, 0) is 58.1 Å². The van der Waals surface area contributed by atoms with Crippen LogP contribution in [0.15, 0.2) is 40.9 Å². The highest BCUT2D eigenvalue weighted by atomic mass is 79.9. The molecule has 4 heteroatoms. The summed E-state index contributed by atoms with van der Waals surface area (Å²) in [7, 11) is 1.62. The molecule has 0 radical (unpaired) electrons. The van der Waals surface area contributed by atoms with Crippen LogP contribution in [0.5, 0.6) is 5.75 Å². The van der Waals surface area contributed by atoms with Crippen molar-refractivity contribution in [1.29, 1.82) is 0 Å². The molecule has 1 aliphatic rings. The summed E-state index contributed by atoms with van der Waals surface area (Å²) in [6.45, 7) is 0. The first-order chi connectivity index (χ1) is 10.0. The van der Waals surface area contributed by atoms with Gasteiger partial charge >= 0.3 is 0 Å². The number of hydrogen-bond acceptors (Lipinski definition) is 2. The Bertz CT molecular complexity index is 686. The van der Waals surface area contributed by atoms with Gasteiger partial charge in [-0.1, -0.05) is 18.2 Å². The van der Waals surface area contributed by atoms with E-state index in [9.17, 15) is 9.50 Å². The molecule has 0 fully saturated rings. The van der Waals surface area contributed by atoms with E-state index in [4.69, 9.17) is 4.74 Å². The van der Waals surface area contributed by atoms with Crippen molar-refractivity contribution in [2.75, 3.05) is 7.11 Å². The molecule has 0 spiro atoms. The first-order valence-electron chi connectivity index (χ1n) is 6.86. The molecule has 0 heterocycles. The Morgan fingerprint density at radius 1 is 1.24 bits per heavy atom. The molecular weight excluding hydrogens is 335 g/mol. The Hall–Kier alpha value is -1.39. The van der Waals surface area contributed by atoms with Crippen molar-refractivity contribution in [3.63, 3.8) is 0 Å². The zero-order valence-corrected chi connectivity index (χ0v) is 13.3. The summed E-state index contributed by atoms with van der Waals surface area (Å²) in [4.78, 5) is 0. The van der Waals surface area contributed by atoms with Gasteiger partial charge < -0.3 is 9.84 Å². The van der Waals surface area contributed by atoms with Crippen LogP contribution in [0.3, 0.4) is 0 Å². The first-order valence-corrected chi connectivity index (χ1v) is 7.65. The summed E-state index contributed by atoms with van der Waals surface area (Å²) >= 11 is 3.19. The quantitative estimate of drug-likeness (QED) is 0.887. The molecule has 0 aromatic heterocycles. The zero-order valence-electron chi connectivity index (χ0n) is 11.7. The molecule has 0 saturated carbocycles. The highest BCUT2D eigenvalue weighted by Gasteiger charge is 2.36. The smallest absolute Gasteiger partial charge is 0.143 e. The SMILES string of the molecule is COc1ccc2c(c1)CC(O)(c1cccc(Br)c1F)CC2. The molecule has 21 heavy (non-hydrogen) atoms. The second-order valence-corrected chi connectivity index (χ2v) is 6.30. The van der Waals surface area contributed by atoms with Crippen molar-refractivity contribution in [1.82, 2.24) is 0 Å². The Kier molecular flexibility index (Phi) is 3.76. The Labute approximate surface area is 131 Å². The summed E-state index contributed by atoms with van der Waals surface area (Å²) < 4.78 is 19.9. The highest BCUT2D eigenvalue weighted by molar-refractivity contribution is 9.10. The fourth-order valence-electron chi connectivity index (χ4n) is 2.98. The van der Waals surface area contributed by atoms with Gasteiger partial charge in [0.25, 0.3) is 0 Å². The molecule has 2 aromatic rings. The second-order valence-electron chi connectivity index (χ2n) is 5.44. The van der Waals surface area contributed by atoms with Crippen molar-refractivity contribution in [3.8, 4) is 5.75 Å². The average Bonchev–Trinajstić information content (AvgIpc) is 2.49. The third-order valence-electron chi connectivity index (χ3n) is 4.16. The van der Waals surface area contributed by atoms with Crippen molar-refractivity contribution < 1.29 is 14.2 Å². The maximum atomic E-state index is 14.3. The van der Waals surface area contributed by atoms with Crippen molar-refractivity contribution in [2.45, 2.75) is 24.9 Å². The van der Waals surface area contributed by atoms with Gasteiger partial charge in [-0.3, -0.25) is 0 Å². The minimum atomic E-state index is -1.17. The van der Waals surface area contributed by atoms with Gasteiger partial charge in [0.2, 0.25) is 0 Å². The molecular formula is C17H16BrFO2. The third-order valence-corrected chi connectivity index (χ3v) is 4.77. The van der Waals surface area contributed by atoms with E-state index in [1.165, 1.54) is 5.56 Å². The van der Waals surface area contributed by atoms with E-state index in [-0.39, 0.29) is 5.82 Å². The Balaban J connectivity index is 2.02. The van der Waals surface area contributed by atoms with Gasteiger partial charge in [-0.25, -0.2) is 4.39 Å². The molecule has 2 aromatic carbocycles. The summed E-state index contributed by atoms with van der Waals surface area (Å²) in [5.74, 6) is 0.374. The van der Waals surface area contributed by atoms with Gasteiger partial charge in [-0.15, -0.1) is 0 Å². The van der Waals surface area contributed by atoms with Crippen LogP contribution in [-0.4, -0.2) is 12.2 Å². The largest absolute Gasteiger partial charge is 0.497 e. The van der Waals surface area contributed by atoms with Gasteiger partial charge in [0.05, 0.1) is 17.2 Å². The van der Waals surface area contributed by atoms with Crippen LogP contribution in [0.4, 0.5) is 4.39 Å². The van der Waals surface area contributed by atoms with Crippen molar-refractivity contribution >= 4 is 15.9 Å².